The zero-order valence-electron chi connectivity index (χ0n) is 11.8. The van der Waals surface area contributed by atoms with E-state index >= 15 is 0 Å². The van der Waals surface area contributed by atoms with Crippen LogP contribution in [0.4, 0.5) is 16.5 Å². The summed E-state index contributed by atoms with van der Waals surface area (Å²) in [5, 5.41) is 16.6. The zero-order valence-corrected chi connectivity index (χ0v) is 12.6. The van der Waals surface area contributed by atoms with E-state index in [1.807, 2.05) is 30.5 Å². The van der Waals surface area contributed by atoms with Crippen molar-refractivity contribution in [3.8, 4) is 11.3 Å². The van der Waals surface area contributed by atoms with Crippen molar-refractivity contribution in [2.24, 2.45) is 0 Å². The number of anilines is 2. The molecule has 0 aliphatic heterocycles. The number of nitro groups is 1. The smallest absolute Gasteiger partial charge is 0.271 e. The lowest BCUT2D eigenvalue weighted by atomic mass is 10.1. The first-order chi connectivity index (χ1) is 10.6. The molecule has 3 rings (SSSR count). The Morgan fingerprint density at radius 1 is 1.18 bits per heavy atom. The van der Waals surface area contributed by atoms with Gasteiger partial charge in [0.15, 0.2) is 5.13 Å². The summed E-state index contributed by atoms with van der Waals surface area (Å²) in [7, 11) is 0. The molecular formula is C16H13N3O2S. The maximum absolute atomic E-state index is 10.8. The van der Waals surface area contributed by atoms with Gasteiger partial charge in [0.1, 0.15) is 0 Å². The summed E-state index contributed by atoms with van der Waals surface area (Å²) >= 11 is 1.47. The molecule has 22 heavy (non-hydrogen) atoms. The summed E-state index contributed by atoms with van der Waals surface area (Å²) in [5.41, 5.74) is 3.84. The van der Waals surface area contributed by atoms with Crippen molar-refractivity contribution >= 4 is 27.8 Å². The Morgan fingerprint density at radius 3 is 2.77 bits per heavy atom. The highest BCUT2D eigenvalue weighted by molar-refractivity contribution is 7.14. The number of hydrogen-bond donors (Lipinski definition) is 1. The van der Waals surface area contributed by atoms with Gasteiger partial charge in [-0.2, -0.15) is 0 Å². The van der Waals surface area contributed by atoms with Gasteiger partial charge in [0.25, 0.3) is 5.69 Å². The Bertz CT molecular complexity index is 830. The standard InChI is InChI=1S/C16H13N3O2S/c1-11-4-2-5-12(8-11)15-10-22-16(18-15)17-13-6-3-7-14(9-13)19(20)21/h2-10H,1H3,(H,17,18). The molecule has 110 valence electrons. The number of hydrogen-bond acceptors (Lipinski definition) is 5. The summed E-state index contributed by atoms with van der Waals surface area (Å²) in [6, 6.07) is 14.5. The van der Waals surface area contributed by atoms with Crippen LogP contribution in [0.25, 0.3) is 11.3 Å². The highest BCUT2D eigenvalue weighted by atomic mass is 32.1. The van der Waals surface area contributed by atoms with Gasteiger partial charge >= 0.3 is 0 Å². The van der Waals surface area contributed by atoms with Crippen molar-refractivity contribution in [1.82, 2.24) is 4.98 Å². The van der Waals surface area contributed by atoms with E-state index in [1.165, 1.54) is 29.0 Å². The summed E-state index contributed by atoms with van der Waals surface area (Å²) in [5.74, 6) is 0. The molecular weight excluding hydrogens is 298 g/mol. The van der Waals surface area contributed by atoms with E-state index in [2.05, 4.69) is 16.4 Å². The van der Waals surface area contributed by atoms with Gasteiger partial charge in [-0.15, -0.1) is 11.3 Å². The molecule has 3 aromatic rings. The van der Waals surface area contributed by atoms with Crippen LogP contribution in [0.3, 0.4) is 0 Å². The van der Waals surface area contributed by atoms with Gasteiger partial charge < -0.3 is 5.32 Å². The molecule has 0 atom stereocenters. The van der Waals surface area contributed by atoms with Gasteiger partial charge in [0.2, 0.25) is 0 Å². The van der Waals surface area contributed by atoms with E-state index < -0.39 is 4.92 Å². The van der Waals surface area contributed by atoms with Crippen molar-refractivity contribution in [3.63, 3.8) is 0 Å². The molecule has 0 fully saturated rings. The normalized spacial score (nSPS) is 10.4. The molecule has 6 heteroatoms. The average molecular weight is 311 g/mol. The molecule has 0 aliphatic rings. The van der Waals surface area contributed by atoms with E-state index in [0.29, 0.717) is 10.8 Å². The number of rotatable bonds is 4. The van der Waals surface area contributed by atoms with E-state index in [-0.39, 0.29) is 5.69 Å². The molecule has 0 bridgehead atoms. The summed E-state index contributed by atoms with van der Waals surface area (Å²) in [6.45, 7) is 2.04. The third kappa shape index (κ3) is 3.12. The lowest BCUT2D eigenvalue weighted by molar-refractivity contribution is -0.384. The Kier molecular flexibility index (Phi) is 3.84. The largest absolute Gasteiger partial charge is 0.331 e. The second kappa shape index (κ2) is 5.95. The van der Waals surface area contributed by atoms with Gasteiger partial charge in [-0.3, -0.25) is 10.1 Å². The van der Waals surface area contributed by atoms with Crippen LogP contribution in [0.2, 0.25) is 0 Å². The monoisotopic (exact) mass is 311 g/mol. The first-order valence-corrected chi connectivity index (χ1v) is 7.54. The fourth-order valence-electron chi connectivity index (χ4n) is 2.09. The first kappa shape index (κ1) is 14.2. The second-order valence-corrected chi connectivity index (χ2v) is 5.70. The number of benzene rings is 2. The first-order valence-electron chi connectivity index (χ1n) is 6.66. The lowest BCUT2D eigenvalue weighted by Gasteiger charge is -2.02. The number of nitrogens with one attached hydrogen (secondary N) is 1. The predicted molar refractivity (Wildman–Crippen MR) is 88.7 cm³/mol. The van der Waals surface area contributed by atoms with Gasteiger partial charge in [-0.25, -0.2) is 4.98 Å². The third-order valence-corrected chi connectivity index (χ3v) is 3.88. The van der Waals surface area contributed by atoms with E-state index in [9.17, 15) is 10.1 Å². The molecule has 0 spiro atoms. The number of nitro benzene ring substituents is 1. The minimum Gasteiger partial charge on any atom is -0.331 e. The minimum absolute atomic E-state index is 0.0560. The number of thiazole rings is 1. The maximum atomic E-state index is 10.8. The Balaban J connectivity index is 1.83. The quantitative estimate of drug-likeness (QED) is 0.556. The topological polar surface area (TPSA) is 68.1 Å². The molecule has 0 unspecified atom stereocenters. The van der Waals surface area contributed by atoms with Crippen LogP contribution < -0.4 is 5.32 Å². The number of non-ortho nitro benzene ring substituents is 1. The van der Waals surface area contributed by atoms with Crippen LogP contribution in [0.5, 0.6) is 0 Å². The van der Waals surface area contributed by atoms with Gasteiger partial charge in [-0.05, 0) is 19.1 Å². The molecule has 0 saturated heterocycles. The molecule has 0 radical (unpaired) electrons. The summed E-state index contributed by atoms with van der Waals surface area (Å²) in [4.78, 5) is 14.9. The van der Waals surface area contributed by atoms with Crippen molar-refractivity contribution in [1.29, 1.82) is 0 Å². The maximum Gasteiger partial charge on any atom is 0.271 e. The Hall–Kier alpha value is -2.73. The Labute approximate surface area is 131 Å². The predicted octanol–water partition coefficient (Wildman–Crippen LogP) is 4.77. The van der Waals surface area contributed by atoms with Crippen LogP contribution in [-0.2, 0) is 0 Å². The SMILES string of the molecule is Cc1cccc(-c2csc(Nc3cccc([N+](=O)[O-])c3)n2)c1. The van der Waals surface area contributed by atoms with Crippen molar-refractivity contribution in [2.75, 3.05) is 5.32 Å². The molecule has 1 aromatic heterocycles. The lowest BCUT2D eigenvalue weighted by Crippen LogP contribution is -1.92. The summed E-state index contributed by atoms with van der Waals surface area (Å²) < 4.78 is 0. The summed E-state index contributed by atoms with van der Waals surface area (Å²) in [6.07, 6.45) is 0. The van der Waals surface area contributed by atoms with Gasteiger partial charge in [-0.1, -0.05) is 29.8 Å². The molecule has 1 heterocycles. The molecule has 2 aromatic carbocycles. The fraction of sp³-hybridized carbons (Fsp3) is 0.0625. The number of nitrogens with zero attached hydrogens (tertiary/aromatic N) is 2. The minimum atomic E-state index is -0.412. The van der Waals surface area contributed by atoms with Crippen LogP contribution in [-0.4, -0.2) is 9.91 Å². The molecule has 0 amide bonds. The van der Waals surface area contributed by atoms with Gasteiger partial charge in [0.05, 0.1) is 10.6 Å². The van der Waals surface area contributed by atoms with Crippen molar-refractivity contribution < 1.29 is 4.92 Å². The number of aryl methyl sites for hydroxylation is 1. The van der Waals surface area contributed by atoms with E-state index in [4.69, 9.17) is 0 Å². The van der Waals surface area contributed by atoms with E-state index in [1.54, 1.807) is 12.1 Å². The van der Waals surface area contributed by atoms with Gasteiger partial charge in [0, 0.05) is 28.8 Å². The molecule has 5 nitrogen and oxygen atoms in total. The zero-order chi connectivity index (χ0) is 15.5. The molecule has 0 aliphatic carbocycles. The van der Waals surface area contributed by atoms with Crippen LogP contribution in [0, 0.1) is 17.0 Å². The second-order valence-electron chi connectivity index (χ2n) is 4.84. The van der Waals surface area contributed by atoms with Crippen LogP contribution in [0.1, 0.15) is 5.56 Å². The molecule has 0 saturated carbocycles. The van der Waals surface area contributed by atoms with E-state index in [0.717, 1.165) is 11.3 Å². The average Bonchev–Trinajstić information content (AvgIpc) is 2.96. The third-order valence-electron chi connectivity index (χ3n) is 3.13. The van der Waals surface area contributed by atoms with Crippen molar-refractivity contribution in [3.05, 3.63) is 69.6 Å². The van der Waals surface area contributed by atoms with Crippen LogP contribution in [0.15, 0.2) is 53.9 Å². The fourth-order valence-corrected chi connectivity index (χ4v) is 2.83. The van der Waals surface area contributed by atoms with Crippen LogP contribution >= 0.6 is 11.3 Å². The number of aromatic nitrogens is 1. The van der Waals surface area contributed by atoms with Crippen molar-refractivity contribution in [2.45, 2.75) is 6.92 Å². The molecule has 1 N–H and O–H groups in total. The Morgan fingerprint density at radius 2 is 2.00 bits per heavy atom. The highest BCUT2D eigenvalue weighted by Crippen LogP contribution is 2.28. The highest BCUT2D eigenvalue weighted by Gasteiger charge is 2.08.